The lowest BCUT2D eigenvalue weighted by Crippen LogP contribution is -2.42. The number of halogens is 1. The second-order valence-corrected chi connectivity index (χ2v) is 6.96. The van der Waals surface area contributed by atoms with Gasteiger partial charge in [-0.3, -0.25) is 9.78 Å². The number of benzene rings is 1. The van der Waals surface area contributed by atoms with Crippen molar-refractivity contribution >= 4 is 24.3 Å². The first-order valence-electron chi connectivity index (χ1n) is 9.71. The molecule has 0 unspecified atom stereocenters. The Morgan fingerprint density at radius 1 is 1.14 bits per heavy atom. The van der Waals surface area contributed by atoms with E-state index in [2.05, 4.69) is 10.3 Å². The van der Waals surface area contributed by atoms with Crippen LogP contribution in [0.5, 0.6) is 0 Å². The minimum Gasteiger partial charge on any atom is -0.445 e. The average Bonchev–Trinajstić information content (AvgIpc) is 3.25. The molecule has 0 saturated carbocycles. The molecule has 1 aromatic carbocycles. The van der Waals surface area contributed by atoms with Crippen molar-refractivity contribution in [2.75, 3.05) is 6.61 Å². The smallest absolute Gasteiger partial charge is 0.408 e. The Hall–Kier alpha value is -2.44. The highest BCUT2D eigenvalue weighted by Gasteiger charge is 2.24. The summed E-state index contributed by atoms with van der Waals surface area (Å²) in [5.41, 5.74) is 1.84. The van der Waals surface area contributed by atoms with Crippen LogP contribution < -0.4 is 5.32 Å². The molecule has 1 aromatic heterocycles. The van der Waals surface area contributed by atoms with E-state index in [9.17, 15) is 9.59 Å². The van der Waals surface area contributed by atoms with E-state index in [1.807, 2.05) is 30.3 Å². The van der Waals surface area contributed by atoms with Gasteiger partial charge in [0.1, 0.15) is 6.61 Å². The zero-order valence-electron chi connectivity index (χ0n) is 16.3. The standard InChI is InChI=1S/C22H26N2O4.ClH/c25-21(9-8-19-7-4-14-27-19)20(15-17-5-2-1-3-6-17)24-22(26)28-16-18-10-12-23-13-11-18;/h1-3,5-6,10-13,19-20H,4,7-9,14-16H2,(H,24,26);1H/t19-,20+;/m1./s1. The molecule has 1 N–H and O–H groups in total. The molecule has 0 bridgehead atoms. The topological polar surface area (TPSA) is 77.5 Å². The van der Waals surface area contributed by atoms with E-state index in [0.29, 0.717) is 19.3 Å². The average molecular weight is 419 g/mol. The third-order valence-electron chi connectivity index (χ3n) is 4.82. The largest absolute Gasteiger partial charge is 0.445 e. The lowest BCUT2D eigenvalue weighted by Gasteiger charge is -2.19. The van der Waals surface area contributed by atoms with E-state index in [-0.39, 0.29) is 30.9 Å². The van der Waals surface area contributed by atoms with Gasteiger partial charge in [0.15, 0.2) is 5.78 Å². The Morgan fingerprint density at radius 3 is 2.59 bits per heavy atom. The second-order valence-electron chi connectivity index (χ2n) is 6.96. The van der Waals surface area contributed by atoms with Crippen LogP contribution >= 0.6 is 12.4 Å². The first-order valence-corrected chi connectivity index (χ1v) is 9.71. The molecule has 1 fully saturated rings. The van der Waals surface area contributed by atoms with Crippen molar-refractivity contribution in [2.45, 2.75) is 50.9 Å². The maximum atomic E-state index is 12.8. The van der Waals surface area contributed by atoms with Gasteiger partial charge in [-0.1, -0.05) is 30.3 Å². The molecule has 0 aliphatic carbocycles. The van der Waals surface area contributed by atoms with Gasteiger partial charge in [-0.25, -0.2) is 4.79 Å². The number of pyridine rings is 1. The van der Waals surface area contributed by atoms with Gasteiger partial charge in [-0.15, -0.1) is 12.4 Å². The first-order chi connectivity index (χ1) is 13.7. The quantitative estimate of drug-likeness (QED) is 0.668. The van der Waals surface area contributed by atoms with Crippen LogP contribution in [0.15, 0.2) is 54.9 Å². The van der Waals surface area contributed by atoms with Crippen LogP contribution in [0.2, 0.25) is 0 Å². The van der Waals surface area contributed by atoms with Gasteiger partial charge in [-0.05, 0) is 48.9 Å². The minimum atomic E-state index is -0.617. The maximum absolute atomic E-state index is 12.8. The predicted octanol–water partition coefficient (Wildman–Crippen LogP) is 3.87. The molecule has 2 atom stereocenters. The number of amides is 1. The van der Waals surface area contributed by atoms with Gasteiger partial charge in [0, 0.05) is 25.4 Å². The Labute approximate surface area is 177 Å². The van der Waals surface area contributed by atoms with Crippen LogP contribution in [-0.2, 0) is 27.3 Å². The highest BCUT2D eigenvalue weighted by atomic mass is 35.5. The zero-order valence-corrected chi connectivity index (χ0v) is 17.1. The number of carbonyl (C=O) groups is 2. The Morgan fingerprint density at radius 2 is 1.90 bits per heavy atom. The highest BCUT2D eigenvalue weighted by Crippen LogP contribution is 2.18. The SMILES string of the molecule is Cl.O=C(N[C@@H](Cc1ccccc1)C(=O)CC[C@H]1CCCO1)OCc1ccncc1. The first kappa shape index (κ1) is 22.8. The third-order valence-corrected chi connectivity index (χ3v) is 4.82. The fourth-order valence-corrected chi connectivity index (χ4v) is 3.26. The molecule has 29 heavy (non-hydrogen) atoms. The van der Waals surface area contributed by atoms with E-state index in [0.717, 1.165) is 30.6 Å². The number of nitrogens with zero attached hydrogens (tertiary/aromatic N) is 1. The van der Waals surface area contributed by atoms with Gasteiger partial charge in [-0.2, -0.15) is 0 Å². The number of Topliss-reactive ketones (excluding diaryl/α,β-unsaturated/α-hetero) is 1. The van der Waals surface area contributed by atoms with Crippen molar-refractivity contribution < 1.29 is 19.1 Å². The van der Waals surface area contributed by atoms with Gasteiger partial charge in [0.05, 0.1) is 12.1 Å². The molecular formula is C22H27ClN2O4. The lowest BCUT2D eigenvalue weighted by atomic mass is 9.98. The number of ketones is 1. The summed E-state index contributed by atoms with van der Waals surface area (Å²) in [5.74, 6) is 0.000198. The number of rotatable bonds is 9. The number of nitrogens with one attached hydrogen (secondary N) is 1. The highest BCUT2D eigenvalue weighted by molar-refractivity contribution is 5.87. The maximum Gasteiger partial charge on any atom is 0.408 e. The van der Waals surface area contributed by atoms with Crippen molar-refractivity contribution in [1.29, 1.82) is 0 Å². The van der Waals surface area contributed by atoms with Gasteiger partial charge in [0.25, 0.3) is 0 Å². The van der Waals surface area contributed by atoms with Crippen molar-refractivity contribution in [1.82, 2.24) is 10.3 Å². The summed E-state index contributed by atoms with van der Waals surface area (Å²) in [6, 6.07) is 12.6. The number of hydrogen-bond acceptors (Lipinski definition) is 5. The van der Waals surface area contributed by atoms with Crippen LogP contribution in [0, 0.1) is 0 Å². The number of carbonyl (C=O) groups excluding carboxylic acids is 2. The molecular weight excluding hydrogens is 392 g/mol. The molecule has 156 valence electrons. The Balaban J connectivity index is 0.00000300. The molecule has 2 heterocycles. The minimum absolute atomic E-state index is 0. The predicted molar refractivity (Wildman–Crippen MR) is 112 cm³/mol. The van der Waals surface area contributed by atoms with Crippen molar-refractivity contribution in [3.05, 3.63) is 66.0 Å². The summed E-state index contributed by atoms with van der Waals surface area (Å²) >= 11 is 0. The molecule has 1 saturated heterocycles. The van der Waals surface area contributed by atoms with E-state index < -0.39 is 12.1 Å². The normalized spacial score (nSPS) is 16.5. The third kappa shape index (κ3) is 7.83. The fourth-order valence-electron chi connectivity index (χ4n) is 3.26. The molecule has 1 aliphatic rings. The Kier molecular flexibility index (Phi) is 9.60. The molecule has 1 aliphatic heterocycles. The second kappa shape index (κ2) is 12.2. The molecule has 6 nitrogen and oxygen atoms in total. The van der Waals surface area contributed by atoms with Crippen LogP contribution in [-0.4, -0.2) is 35.6 Å². The van der Waals surface area contributed by atoms with Gasteiger partial charge < -0.3 is 14.8 Å². The molecule has 2 aromatic rings. The number of hydrogen-bond donors (Lipinski definition) is 1. The monoisotopic (exact) mass is 418 g/mol. The number of ether oxygens (including phenoxy) is 2. The van der Waals surface area contributed by atoms with Crippen LogP contribution in [0.25, 0.3) is 0 Å². The molecule has 3 rings (SSSR count). The van der Waals surface area contributed by atoms with Crippen molar-refractivity contribution in [2.24, 2.45) is 0 Å². The lowest BCUT2D eigenvalue weighted by molar-refractivity contribution is -0.121. The summed E-state index contributed by atoms with van der Waals surface area (Å²) in [6.45, 7) is 0.905. The zero-order chi connectivity index (χ0) is 19.6. The van der Waals surface area contributed by atoms with E-state index in [1.165, 1.54) is 0 Å². The van der Waals surface area contributed by atoms with Crippen LogP contribution in [0.1, 0.15) is 36.8 Å². The molecule has 0 radical (unpaired) electrons. The van der Waals surface area contributed by atoms with Gasteiger partial charge >= 0.3 is 6.09 Å². The van der Waals surface area contributed by atoms with Crippen molar-refractivity contribution in [3.63, 3.8) is 0 Å². The van der Waals surface area contributed by atoms with E-state index in [1.54, 1.807) is 24.5 Å². The van der Waals surface area contributed by atoms with E-state index >= 15 is 0 Å². The van der Waals surface area contributed by atoms with Gasteiger partial charge in [0.2, 0.25) is 0 Å². The van der Waals surface area contributed by atoms with E-state index in [4.69, 9.17) is 9.47 Å². The fraction of sp³-hybridized carbons (Fsp3) is 0.409. The summed E-state index contributed by atoms with van der Waals surface area (Å²) in [4.78, 5) is 29.0. The molecule has 1 amide bonds. The Bertz CT molecular complexity index is 752. The van der Waals surface area contributed by atoms with Crippen molar-refractivity contribution in [3.8, 4) is 0 Å². The summed E-state index contributed by atoms with van der Waals surface area (Å²) < 4.78 is 10.9. The number of alkyl carbamates (subject to hydrolysis) is 1. The summed E-state index contributed by atoms with van der Waals surface area (Å²) in [5, 5.41) is 2.74. The molecule has 7 heteroatoms. The summed E-state index contributed by atoms with van der Waals surface area (Å²) in [7, 11) is 0. The summed E-state index contributed by atoms with van der Waals surface area (Å²) in [6.07, 6.45) is 6.40. The van der Waals surface area contributed by atoms with Crippen LogP contribution in [0.4, 0.5) is 4.79 Å². The molecule has 0 spiro atoms. The number of aromatic nitrogens is 1. The van der Waals surface area contributed by atoms with Crippen LogP contribution in [0.3, 0.4) is 0 Å².